The van der Waals surface area contributed by atoms with Gasteiger partial charge in [0.25, 0.3) is 0 Å². The van der Waals surface area contributed by atoms with Crippen LogP contribution in [0.1, 0.15) is 11.1 Å². The molecule has 0 N–H and O–H groups in total. The molecule has 0 amide bonds. The maximum absolute atomic E-state index is 12.7. The average Bonchev–Trinajstić information content (AvgIpc) is 2.44. The van der Waals surface area contributed by atoms with Crippen LogP contribution in [0.5, 0.6) is 0 Å². The highest BCUT2D eigenvalue weighted by atomic mass is 32.2. The first kappa shape index (κ1) is 15.8. The van der Waals surface area contributed by atoms with Crippen molar-refractivity contribution in [2.45, 2.75) is 6.18 Å². The van der Waals surface area contributed by atoms with Gasteiger partial charge in [0.05, 0.1) is 21.6 Å². The van der Waals surface area contributed by atoms with Gasteiger partial charge in [0, 0.05) is 5.41 Å². The standard InChI is InChI=1S/C12H9F3O4S2/c13-12(14,15)10-4-1-3-9(7-10)11-8-20(16,17)5-2-6-21(11,18)19/h1-5,7-8H,6H2. The van der Waals surface area contributed by atoms with E-state index in [4.69, 9.17) is 0 Å². The van der Waals surface area contributed by atoms with E-state index >= 15 is 0 Å². The Morgan fingerprint density at radius 2 is 1.71 bits per heavy atom. The van der Waals surface area contributed by atoms with E-state index in [1.54, 1.807) is 0 Å². The van der Waals surface area contributed by atoms with Gasteiger partial charge < -0.3 is 0 Å². The Bertz CT molecular complexity index is 831. The van der Waals surface area contributed by atoms with Crippen molar-refractivity contribution in [3.05, 3.63) is 52.3 Å². The number of rotatable bonds is 1. The van der Waals surface area contributed by atoms with Crippen LogP contribution in [0.4, 0.5) is 13.2 Å². The lowest BCUT2D eigenvalue weighted by Crippen LogP contribution is -2.09. The Balaban J connectivity index is 2.67. The molecule has 0 bridgehead atoms. The number of alkyl halides is 3. The lowest BCUT2D eigenvalue weighted by atomic mass is 10.1. The fourth-order valence-electron chi connectivity index (χ4n) is 1.75. The van der Waals surface area contributed by atoms with Crippen molar-refractivity contribution in [3.63, 3.8) is 0 Å². The SMILES string of the molecule is O=S1(=O)C=CCS(=O)(=O)C(c2cccc(C(F)(F)F)c2)=C1. The van der Waals surface area contributed by atoms with Crippen molar-refractivity contribution in [2.75, 3.05) is 5.75 Å². The molecule has 1 aliphatic rings. The Morgan fingerprint density at radius 1 is 1.05 bits per heavy atom. The highest BCUT2D eigenvalue weighted by Crippen LogP contribution is 2.33. The summed E-state index contributed by atoms with van der Waals surface area (Å²) in [6.07, 6.45) is -3.70. The Morgan fingerprint density at radius 3 is 2.33 bits per heavy atom. The molecule has 21 heavy (non-hydrogen) atoms. The van der Waals surface area contributed by atoms with Gasteiger partial charge >= 0.3 is 6.18 Å². The van der Waals surface area contributed by atoms with Crippen molar-refractivity contribution in [1.82, 2.24) is 0 Å². The Labute approximate surface area is 119 Å². The zero-order valence-electron chi connectivity index (χ0n) is 10.3. The third kappa shape index (κ3) is 3.53. The van der Waals surface area contributed by atoms with E-state index in [1.807, 2.05) is 0 Å². The molecule has 1 aliphatic heterocycles. The molecule has 1 heterocycles. The summed E-state index contributed by atoms with van der Waals surface area (Å²) in [7, 11) is -7.96. The monoisotopic (exact) mass is 338 g/mol. The number of benzene rings is 1. The molecule has 0 saturated carbocycles. The van der Waals surface area contributed by atoms with Crippen LogP contribution in [0.3, 0.4) is 0 Å². The minimum atomic E-state index is -4.65. The molecular weight excluding hydrogens is 329 g/mol. The minimum absolute atomic E-state index is 0.308. The number of sulfone groups is 2. The molecule has 2 rings (SSSR count). The summed E-state index contributed by atoms with van der Waals surface area (Å²) in [6, 6.07) is 3.54. The van der Waals surface area contributed by atoms with Crippen LogP contribution in [0.15, 0.2) is 41.2 Å². The second-order valence-corrected chi connectivity index (χ2v) is 7.99. The van der Waals surface area contributed by atoms with Gasteiger partial charge in [-0.25, -0.2) is 16.8 Å². The molecule has 114 valence electrons. The molecule has 0 spiro atoms. The van der Waals surface area contributed by atoms with Crippen LogP contribution in [0.25, 0.3) is 4.91 Å². The molecule has 0 atom stereocenters. The topological polar surface area (TPSA) is 68.3 Å². The number of hydrogen-bond donors (Lipinski definition) is 0. The maximum atomic E-state index is 12.7. The van der Waals surface area contributed by atoms with Gasteiger partial charge in [-0.3, -0.25) is 0 Å². The predicted octanol–water partition coefficient (Wildman–Crippen LogP) is 2.36. The van der Waals surface area contributed by atoms with Crippen LogP contribution in [-0.4, -0.2) is 22.6 Å². The quantitative estimate of drug-likeness (QED) is 0.788. The maximum Gasteiger partial charge on any atom is 0.416 e. The van der Waals surface area contributed by atoms with Crippen LogP contribution in [-0.2, 0) is 25.9 Å². The minimum Gasteiger partial charge on any atom is -0.223 e. The summed E-state index contributed by atoms with van der Waals surface area (Å²) in [5.74, 6) is -0.589. The van der Waals surface area contributed by atoms with Crippen molar-refractivity contribution in [3.8, 4) is 0 Å². The van der Waals surface area contributed by atoms with E-state index in [1.165, 1.54) is 0 Å². The van der Waals surface area contributed by atoms with Crippen molar-refractivity contribution < 1.29 is 30.0 Å². The molecule has 0 fully saturated rings. The summed E-state index contributed by atoms with van der Waals surface area (Å²) < 4.78 is 85.1. The molecule has 9 heteroatoms. The van der Waals surface area contributed by atoms with Crippen molar-refractivity contribution in [2.24, 2.45) is 0 Å². The van der Waals surface area contributed by atoms with Gasteiger partial charge in [0.2, 0.25) is 0 Å². The van der Waals surface area contributed by atoms with E-state index in [-0.39, 0.29) is 5.56 Å². The zero-order valence-corrected chi connectivity index (χ0v) is 12.0. The summed E-state index contributed by atoms with van der Waals surface area (Å²) in [6.45, 7) is 0. The molecule has 4 nitrogen and oxygen atoms in total. The molecule has 0 saturated heterocycles. The first-order chi connectivity index (χ1) is 9.51. The molecule has 0 aliphatic carbocycles. The van der Waals surface area contributed by atoms with Gasteiger partial charge in [-0.15, -0.1) is 0 Å². The largest absolute Gasteiger partial charge is 0.416 e. The summed E-state index contributed by atoms with van der Waals surface area (Å²) in [4.78, 5) is -0.640. The molecular formula is C12H9F3O4S2. The first-order valence-corrected chi connectivity index (χ1v) is 8.81. The number of hydrogen-bond acceptors (Lipinski definition) is 4. The van der Waals surface area contributed by atoms with Crippen molar-refractivity contribution >= 4 is 24.6 Å². The van der Waals surface area contributed by atoms with Crippen LogP contribution in [0, 0.1) is 0 Å². The fraction of sp³-hybridized carbons (Fsp3) is 0.167. The third-order valence-electron chi connectivity index (χ3n) is 2.68. The second-order valence-electron chi connectivity index (χ2n) is 4.30. The highest BCUT2D eigenvalue weighted by Gasteiger charge is 2.32. The Kier molecular flexibility index (Phi) is 3.75. The van der Waals surface area contributed by atoms with E-state index in [9.17, 15) is 30.0 Å². The van der Waals surface area contributed by atoms with Gasteiger partial charge in [-0.05, 0) is 17.7 Å². The number of halogens is 3. The second kappa shape index (κ2) is 4.99. The van der Waals surface area contributed by atoms with Crippen molar-refractivity contribution in [1.29, 1.82) is 0 Å². The molecule has 0 aromatic heterocycles. The summed E-state index contributed by atoms with van der Waals surface area (Å²) >= 11 is 0. The first-order valence-electron chi connectivity index (χ1n) is 5.55. The van der Waals surface area contributed by atoms with E-state index in [2.05, 4.69) is 0 Å². The zero-order chi connectivity index (χ0) is 15.9. The van der Waals surface area contributed by atoms with Gasteiger partial charge in [-0.1, -0.05) is 18.2 Å². The normalized spacial score (nSPS) is 20.6. The summed E-state index contributed by atoms with van der Waals surface area (Å²) in [5, 5.41) is 1.19. The smallest absolute Gasteiger partial charge is 0.223 e. The lowest BCUT2D eigenvalue weighted by molar-refractivity contribution is -0.137. The predicted molar refractivity (Wildman–Crippen MR) is 71.3 cm³/mol. The Hall–Kier alpha value is -1.61. The summed E-state index contributed by atoms with van der Waals surface area (Å²) in [5.41, 5.74) is -1.36. The van der Waals surface area contributed by atoms with E-state index in [0.29, 0.717) is 16.9 Å². The third-order valence-corrected chi connectivity index (χ3v) is 5.62. The fourth-order valence-corrected chi connectivity index (χ4v) is 4.75. The lowest BCUT2D eigenvalue weighted by Gasteiger charge is -2.10. The average molecular weight is 338 g/mol. The molecule has 0 unspecified atom stereocenters. The molecule has 1 aromatic carbocycles. The van der Waals surface area contributed by atoms with Gasteiger partial charge in [0.1, 0.15) is 0 Å². The van der Waals surface area contributed by atoms with E-state index < -0.39 is 42.1 Å². The highest BCUT2D eigenvalue weighted by molar-refractivity contribution is 8.04. The molecule has 1 aromatic rings. The van der Waals surface area contributed by atoms with Crippen LogP contribution < -0.4 is 0 Å². The van der Waals surface area contributed by atoms with Gasteiger partial charge in [0.15, 0.2) is 19.7 Å². The van der Waals surface area contributed by atoms with Crippen LogP contribution >= 0.6 is 0 Å². The van der Waals surface area contributed by atoms with Gasteiger partial charge in [-0.2, -0.15) is 13.2 Å². The molecule has 0 radical (unpaired) electrons. The van der Waals surface area contributed by atoms with Crippen LogP contribution in [0.2, 0.25) is 0 Å². The van der Waals surface area contributed by atoms with E-state index in [0.717, 1.165) is 24.3 Å².